The molecule has 1 atom stereocenters. The quantitative estimate of drug-likeness (QED) is 0.268. The molecule has 0 saturated carbocycles. The molecule has 2 saturated heterocycles. The Balaban J connectivity index is 1.08. The van der Waals surface area contributed by atoms with Crippen LogP contribution in [0, 0.1) is 0 Å². The third-order valence-electron chi connectivity index (χ3n) is 11.4. The zero-order valence-corrected chi connectivity index (χ0v) is 33.1. The molecule has 0 aromatic carbocycles. The highest BCUT2D eigenvalue weighted by Gasteiger charge is 2.26. The van der Waals surface area contributed by atoms with E-state index in [9.17, 15) is 9.59 Å². The summed E-state index contributed by atoms with van der Waals surface area (Å²) in [5.41, 5.74) is 5.06. The number of hydrogen-bond acceptors (Lipinski definition) is 10. The maximum absolute atomic E-state index is 13.6. The lowest BCUT2D eigenvalue weighted by Gasteiger charge is -2.35. The first-order valence-electron chi connectivity index (χ1n) is 21.0. The minimum absolute atomic E-state index is 0.0927. The van der Waals surface area contributed by atoms with E-state index >= 15 is 0 Å². The molecule has 3 aromatic heterocycles. The Labute approximate surface area is 333 Å². The van der Waals surface area contributed by atoms with Crippen molar-refractivity contribution in [3.05, 3.63) is 102 Å². The lowest BCUT2D eigenvalue weighted by molar-refractivity contribution is -0.134. The number of rotatable bonds is 12. The predicted octanol–water partition coefficient (Wildman–Crippen LogP) is 4.29. The first-order chi connectivity index (χ1) is 27.5. The summed E-state index contributed by atoms with van der Waals surface area (Å²) in [6.07, 6.45) is 15.7. The number of nitrogens with zero attached hydrogens (tertiary/aromatic N) is 10. The van der Waals surface area contributed by atoms with E-state index in [1.54, 1.807) is 0 Å². The van der Waals surface area contributed by atoms with Crippen molar-refractivity contribution in [2.45, 2.75) is 77.2 Å². The zero-order valence-electron chi connectivity index (χ0n) is 33.1. The fourth-order valence-electron chi connectivity index (χ4n) is 8.35. The van der Waals surface area contributed by atoms with Crippen LogP contribution in [0.5, 0.6) is 0 Å². The van der Waals surface area contributed by atoms with Gasteiger partial charge in [-0.15, -0.1) is 0 Å². The maximum atomic E-state index is 13.6. The van der Waals surface area contributed by atoms with Gasteiger partial charge in [0.25, 0.3) is 0 Å². The Kier molecular flexibility index (Phi) is 14.7. The van der Waals surface area contributed by atoms with Crippen LogP contribution in [0.4, 0.5) is 0 Å². The summed E-state index contributed by atoms with van der Waals surface area (Å²) in [5, 5.41) is 0. The molecule has 2 fully saturated rings. The Morgan fingerprint density at radius 3 is 1.79 bits per heavy atom. The molecule has 3 aromatic rings. The Hall–Kier alpha value is -4.36. The number of pyridine rings is 3. The van der Waals surface area contributed by atoms with E-state index in [0.29, 0.717) is 45.8 Å². The van der Waals surface area contributed by atoms with Gasteiger partial charge in [0.05, 0.1) is 41.9 Å². The lowest BCUT2D eigenvalue weighted by Crippen LogP contribution is -2.49. The van der Waals surface area contributed by atoms with Crippen molar-refractivity contribution < 1.29 is 9.59 Å². The number of dihydropyridines is 1. The van der Waals surface area contributed by atoms with Gasteiger partial charge in [-0.05, 0) is 87.4 Å². The Morgan fingerprint density at radius 2 is 1.16 bits per heavy atom. The van der Waals surface area contributed by atoms with Crippen LogP contribution in [0.1, 0.15) is 67.7 Å². The van der Waals surface area contributed by atoms with Crippen molar-refractivity contribution in [3.63, 3.8) is 0 Å². The van der Waals surface area contributed by atoms with Gasteiger partial charge < -0.3 is 9.80 Å². The monoisotopic (exact) mass is 760 g/mol. The lowest BCUT2D eigenvalue weighted by atomic mass is 10.1. The molecule has 2 amide bonds. The number of carbonyl (C=O) groups is 2. The van der Waals surface area contributed by atoms with E-state index in [-0.39, 0.29) is 17.9 Å². The number of carbonyl (C=O) groups excluding carboxylic acids is 2. The van der Waals surface area contributed by atoms with E-state index in [1.165, 1.54) is 12.8 Å². The highest BCUT2D eigenvalue weighted by Crippen LogP contribution is 2.17. The first kappa shape index (κ1) is 39.9. The molecule has 0 N–H and O–H groups in total. The van der Waals surface area contributed by atoms with Crippen molar-refractivity contribution in [3.8, 4) is 0 Å². The SMILES string of the molecule is O=C(CN1CCN(Cc2cccc(CN(Cc3ccccn3)Cc3ccccn3)n2)CCN(CC(=O)N2CCCCC2)CC2CC=CC(=N2)C1)N1CCCCC1. The normalized spacial score (nSPS) is 20.7. The fraction of sp³-hybridized carbons (Fsp3) is 0.545. The van der Waals surface area contributed by atoms with Crippen LogP contribution in [0.3, 0.4) is 0 Å². The largest absolute Gasteiger partial charge is 0.342 e. The van der Waals surface area contributed by atoms with Crippen molar-refractivity contribution in [1.82, 2.24) is 44.4 Å². The standard InChI is InChI=1S/C44H60N10O2/c55-43(53-21-7-1-8-22-53)35-50-27-25-49(26-28-51(33-41-17-12-16-40(32-50)48-41)36-44(56)54-23-9-2-10-24-54)31-39-15-11-18-42(47-39)34-52(29-37-13-3-5-19-45-37)30-38-14-4-6-20-46-38/h3-6,11-16,18-20,41H,1-2,7-10,17,21-36H2. The van der Waals surface area contributed by atoms with Crippen LogP contribution < -0.4 is 0 Å². The molecule has 0 spiro atoms. The van der Waals surface area contributed by atoms with Crippen molar-refractivity contribution in [1.29, 1.82) is 0 Å². The summed E-state index contributed by atoms with van der Waals surface area (Å²) >= 11 is 0. The summed E-state index contributed by atoms with van der Waals surface area (Å²) in [5.74, 6) is 0.453. The Morgan fingerprint density at radius 1 is 0.607 bits per heavy atom. The molecule has 7 rings (SSSR count). The summed E-state index contributed by atoms with van der Waals surface area (Å²) in [7, 11) is 0. The molecule has 12 heteroatoms. The van der Waals surface area contributed by atoms with E-state index in [1.807, 2.05) is 36.7 Å². The van der Waals surface area contributed by atoms with Crippen LogP contribution in [-0.4, -0.2) is 146 Å². The van der Waals surface area contributed by atoms with Gasteiger partial charge in [0.15, 0.2) is 0 Å². The Bertz CT molecular complexity index is 1700. The van der Waals surface area contributed by atoms with Gasteiger partial charge in [0, 0.05) is 110 Å². The average Bonchev–Trinajstić information content (AvgIpc) is 3.23. The van der Waals surface area contributed by atoms with E-state index in [2.05, 4.69) is 81.9 Å². The molecule has 7 heterocycles. The molecule has 0 radical (unpaired) electrons. The fourth-order valence-corrected chi connectivity index (χ4v) is 8.35. The topological polar surface area (TPSA) is 105 Å². The summed E-state index contributed by atoms with van der Waals surface area (Å²) < 4.78 is 0. The second-order valence-electron chi connectivity index (χ2n) is 15.9. The second kappa shape index (κ2) is 20.7. The van der Waals surface area contributed by atoms with E-state index in [4.69, 9.17) is 9.98 Å². The van der Waals surface area contributed by atoms with Gasteiger partial charge in [-0.3, -0.25) is 49.1 Å². The van der Waals surface area contributed by atoms with Gasteiger partial charge in [-0.25, -0.2) is 0 Å². The number of aliphatic imine (C=N–C) groups is 1. The number of piperidine rings is 2. The van der Waals surface area contributed by atoms with Crippen molar-refractivity contribution in [2.24, 2.45) is 4.99 Å². The number of likely N-dealkylation sites (tertiary alicyclic amines) is 2. The molecule has 12 nitrogen and oxygen atoms in total. The van der Waals surface area contributed by atoms with Gasteiger partial charge in [-0.2, -0.15) is 0 Å². The van der Waals surface area contributed by atoms with Gasteiger partial charge in [-0.1, -0.05) is 24.3 Å². The smallest absolute Gasteiger partial charge is 0.236 e. The number of fused-ring (bicyclic) bond motifs is 1. The third kappa shape index (κ3) is 12.3. The molecular weight excluding hydrogens is 701 g/mol. The van der Waals surface area contributed by atoms with Crippen LogP contribution in [0.15, 0.2) is 84.1 Å². The van der Waals surface area contributed by atoms with Crippen LogP contribution in [-0.2, 0) is 35.8 Å². The molecular formula is C44H60N10O2. The van der Waals surface area contributed by atoms with Crippen molar-refractivity contribution in [2.75, 3.05) is 78.5 Å². The molecule has 298 valence electrons. The van der Waals surface area contributed by atoms with Gasteiger partial charge >= 0.3 is 0 Å². The second-order valence-corrected chi connectivity index (χ2v) is 15.9. The third-order valence-corrected chi connectivity index (χ3v) is 11.4. The molecule has 1 unspecified atom stereocenters. The molecule has 0 aliphatic carbocycles. The van der Waals surface area contributed by atoms with Gasteiger partial charge in [0.2, 0.25) is 11.8 Å². The highest BCUT2D eigenvalue weighted by atomic mass is 16.2. The molecule has 4 aliphatic rings. The summed E-state index contributed by atoms with van der Waals surface area (Å²) in [6, 6.07) is 18.5. The predicted molar refractivity (Wildman–Crippen MR) is 220 cm³/mol. The van der Waals surface area contributed by atoms with Crippen LogP contribution in [0.25, 0.3) is 0 Å². The molecule has 2 bridgehead atoms. The molecule has 56 heavy (non-hydrogen) atoms. The number of amides is 2. The van der Waals surface area contributed by atoms with E-state index < -0.39 is 0 Å². The summed E-state index contributed by atoms with van der Waals surface area (Å²) in [4.78, 5) is 60.3. The number of aromatic nitrogens is 3. The average molecular weight is 761 g/mol. The molecule has 4 aliphatic heterocycles. The van der Waals surface area contributed by atoms with E-state index in [0.717, 1.165) is 119 Å². The number of hydrogen-bond donors (Lipinski definition) is 0. The minimum Gasteiger partial charge on any atom is -0.342 e. The van der Waals surface area contributed by atoms with Crippen LogP contribution >= 0.6 is 0 Å². The highest BCUT2D eigenvalue weighted by molar-refractivity contribution is 5.97. The van der Waals surface area contributed by atoms with Gasteiger partial charge in [0.1, 0.15) is 0 Å². The maximum Gasteiger partial charge on any atom is 0.236 e. The van der Waals surface area contributed by atoms with Crippen molar-refractivity contribution >= 4 is 17.5 Å². The van der Waals surface area contributed by atoms with Crippen LogP contribution in [0.2, 0.25) is 0 Å². The zero-order chi connectivity index (χ0) is 38.4. The summed E-state index contributed by atoms with van der Waals surface area (Å²) in [6.45, 7) is 11.4. The minimum atomic E-state index is 0.0927. The first-order valence-corrected chi connectivity index (χ1v) is 21.0.